The van der Waals surface area contributed by atoms with Crippen molar-refractivity contribution in [2.75, 3.05) is 13.2 Å². The van der Waals surface area contributed by atoms with Gasteiger partial charge in [-0.1, -0.05) is 62.9 Å². The molecule has 2 rings (SSSR count). The van der Waals surface area contributed by atoms with E-state index < -0.39 is 0 Å². The van der Waals surface area contributed by atoms with Crippen LogP contribution in [0.5, 0.6) is 0 Å². The molecule has 1 aromatic rings. The summed E-state index contributed by atoms with van der Waals surface area (Å²) in [4.78, 5) is 24.8. The number of benzene rings is 1. The summed E-state index contributed by atoms with van der Waals surface area (Å²) in [5, 5.41) is 0. The molecule has 0 spiro atoms. The van der Waals surface area contributed by atoms with Crippen molar-refractivity contribution < 1.29 is 19.1 Å². The summed E-state index contributed by atoms with van der Waals surface area (Å²) >= 11 is 0. The summed E-state index contributed by atoms with van der Waals surface area (Å²) in [6, 6.07) is 10.2. The third-order valence-corrected chi connectivity index (χ3v) is 5.06. The van der Waals surface area contributed by atoms with Crippen molar-refractivity contribution in [2.24, 2.45) is 11.8 Å². The first kappa shape index (κ1) is 20.5. The predicted octanol–water partition coefficient (Wildman–Crippen LogP) is 4.70. The number of ether oxygens (including phenoxy) is 2. The molecule has 0 heterocycles. The molecule has 0 bridgehead atoms. The summed E-state index contributed by atoms with van der Waals surface area (Å²) in [5.74, 6) is -1.11. The molecule has 0 N–H and O–H groups in total. The molecule has 0 aromatic heterocycles. The van der Waals surface area contributed by atoms with Crippen LogP contribution in [0, 0.1) is 11.8 Å². The number of rotatable bonds is 10. The van der Waals surface area contributed by atoms with E-state index in [2.05, 4.69) is 19.1 Å². The van der Waals surface area contributed by atoms with Crippen LogP contribution < -0.4 is 0 Å². The number of aryl methyl sites for hydroxylation is 1. The molecule has 1 aliphatic carbocycles. The Bertz CT molecular complexity index is 540. The third-order valence-electron chi connectivity index (χ3n) is 5.06. The largest absolute Gasteiger partial charge is 0.465 e. The lowest BCUT2D eigenvalue weighted by atomic mass is 9.79. The molecule has 0 saturated heterocycles. The van der Waals surface area contributed by atoms with E-state index in [1.807, 2.05) is 18.2 Å². The molecule has 0 amide bonds. The highest BCUT2D eigenvalue weighted by Gasteiger charge is 2.37. The molecule has 1 saturated carbocycles. The first-order valence-corrected chi connectivity index (χ1v) is 10.1. The quantitative estimate of drug-likeness (QED) is 0.448. The fourth-order valence-corrected chi connectivity index (χ4v) is 3.53. The maximum absolute atomic E-state index is 12.5. The van der Waals surface area contributed by atoms with Crippen molar-refractivity contribution in [3.05, 3.63) is 35.9 Å². The molecule has 144 valence electrons. The van der Waals surface area contributed by atoms with Gasteiger partial charge in [-0.2, -0.15) is 0 Å². The minimum absolute atomic E-state index is 0.216. The number of hydrogen-bond acceptors (Lipinski definition) is 4. The van der Waals surface area contributed by atoms with E-state index in [0.717, 1.165) is 57.8 Å². The minimum atomic E-state index is -0.334. The van der Waals surface area contributed by atoms with Gasteiger partial charge in [-0.3, -0.25) is 9.59 Å². The fourth-order valence-electron chi connectivity index (χ4n) is 3.53. The highest BCUT2D eigenvalue weighted by Crippen LogP contribution is 2.32. The maximum Gasteiger partial charge on any atom is 0.309 e. The van der Waals surface area contributed by atoms with Crippen molar-refractivity contribution in [1.29, 1.82) is 0 Å². The molecule has 0 aliphatic heterocycles. The smallest absolute Gasteiger partial charge is 0.309 e. The van der Waals surface area contributed by atoms with Gasteiger partial charge in [0, 0.05) is 0 Å². The Morgan fingerprint density at radius 2 is 1.46 bits per heavy atom. The van der Waals surface area contributed by atoms with E-state index in [1.54, 1.807) is 0 Å². The van der Waals surface area contributed by atoms with Crippen LogP contribution in [-0.4, -0.2) is 25.2 Å². The topological polar surface area (TPSA) is 52.6 Å². The van der Waals surface area contributed by atoms with Crippen LogP contribution in [-0.2, 0) is 25.5 Å². The monoisotopic (exact) mass is 360 g/mol. The highest BCUT2D eigenvalue weighted by molar-refractivity contribution is 5.82. The van der Waals surface area contributed by atoms with Crippen molar-refractivity contribution in [3.8, 4) is 0 Å². The summed E-state index contributed by atoms with van der Waals surface area (Å²) in [6.45, 7) is 2.98. The Morgan fingerprint density at radius 1 is 0.885 bits per heavy atom. The summed E-state index contributed by atoms with van der Waals surface area (Å²) in [5.41, 5.74) is 1.25. The second-order valence-electron chi connectivity index (χ2n) is 7.13. The standard InChI is InChI=1S/C22H32O4/c1-2-3-9-16-25-21(23)19-14-7-8-15-20(19)22(24)26-17-10-13-18-11-5-4-6-12-18/h4-6,11-12,19-20H,2-3,7-10,13-17H2,1H3. The van der Waals surface area contributed by atoms with E-state index >= 15 is 0 Å². The second kappa shape index (κ2) is 11.7. The average molecular weight is 360 g/mol. The van der Waals surface area contributed by atoms with Gasteiger partial charge in [0.25, 0.3) is 0 Å². The van der Waals surface area contributed by atoms with E-state index in [4.69, 9.17) is 9.47 Å². The van der Waals surface area contributed by atoms with Gasteiger partial charge in [-0.15, -0.1) is 0 Å². The molecule has 1 aliphatic rings. The van der Waals surface area contributed by atoms with E-state index in [0.29, 0.717) is 13.2 Å². The lowest BCUT2D eigenvalue weighted by Crippen LogP contribution is -2.35. The Balaban J connectivity index is 1.74. The van der Waals surface area contributed by atoms with Crippen molar-refractivity contribution in [3.63, 3.8) is 0 Å². The lowest BCUT2D eigenvalue weighted by Gasteiger charge is -2.28. The highest BCUT2D eigenvalue weighted by atomic mass is 16.5. The molecule has 2 unspecified atom stereocenters. The van der Waals surface area contributed by atoms with Gasteiger partial charge in [0.15, 0.2) is 0 Å². The first-order chi connectivity index (χ1) is 12.7. The number of hydrogen-bond donors (Lipinski definition) is 0. The van der Waals surface area contributed by atoms with Gasteiger partial charge >= 0.3 is 11.9 Å². The zero-order valence-electron chi connectivity index (χ0n) is 16.0. The minimum Gasteiger partial charge on any atom is -0.465 e. The normalized spacial score (nSPS) is 19.7. The van der Waals surface area contributed by atoms with Crippen LogP contribution in [0.4, 0.5) is 0 Å². The van der Waals surface area contributed by atoms with Gasteiger partial charge in [-0.05, 0) is 37.7 Å². The Hall–Kier alpha value is -1.84. The van der Waals surface area contributed by atoms with Gasteiger partial charge < -0.3 is 9.47 Å². The zero-order valence-corrected chi connectivity index (χ0v) is 16.0. The van der Waals surface area contributed by atoms with Crippen molar-refractivity contribution in [1.82, 2.24) is 0 Å². The van der Waals surface area contributed by atoms with Crippen LogP contribution in [0.15, 0.2) is 30.3 Å². The number of unbranched alkanes of at least 4 members (excludes halogenated alkanes) is 2. The number of carbonyl (C=O) groups excluding carboxylic acids is 2. The van der Waals surface area contributed by atoms with Crippen LogP contribution in [0.3, 0.4) is 0 Å². The third kappa shape index (κ3) is 6.81. The molecular formula is C22H32O4. The maximum atomic E-state index is 12.5. The molecule has 0 radical (unpaired) electrons. The molecule has 2 atom stereocenters. The fraction of sp³-hybridized carbons (Fsp3) is 0.636. The van der Waals surface area contributed by atoms with E-state index in [9.17, 15) is 9.59 Å². The Morgan fingerprint density at radius 3 is 2.04 bits per heavy atom. The average Bonchev–Trinajstić information content (AvgIpc) is 2.69. The molecule has 26 heavy (non-hydrogen) atoms. The molecule has 1 aromatic carbocycles. The molecular weight excluding hydrogens is 328 g/mol. The van der Waals surface area contributed by atoms with Crippen molar-refractivity contribution in [2.45, 2.75) is 64.7 Å². The van der Waals surface area contributed by atoms with Gasteiger partial charge in [-0.25, -0.2) is 0 Å². The van der Waals surface area contributed by atoms with Gasteiger partial charge in [0.05, 0.1) is 25.0 Å². The molecule has 1 fully saturated rings. The number of esters is 2. The molecule has 4 nitrogen and oxygen atoms in total. The summed E-state index contributed by atoms with van der Waals surface area (Å²) in [6.07, 6.45) is 8.15. The van der Waals surface area contributed by atoms with Crippen LogP contribution in [0.2, 0.25) is 0 Å². The lowest BCUT2D eigenvalue weighted by molar-refractivity contribution is -0.163. The zero-order chi connectivity index (χ0) is 18.6. The second-order valence-corrected chi connectivity index (χ2v) is 7.13. The number of carbonyl (C=O) groups is 2. The predicted molar refractivity (Wildman–Crippen MR) is 102 cm³/mol. The van der Waals surface area contributed by atoms with Crippen LogP contribution in [0.25, 0.3) is 0 Å². The van der Waals surface area contributed by atoms with Crippen LogP contribution in [0.1, 0.15) is 63.9 Å². The Labute approximate surface area is 157 Å². The van der Waals surface area contributed by atoms with Crippen molar-refractivity contribution >= 4 is 11.9 Å². The van der Waals surface area contributed by atoms with Gasteiger partial charge in [0.1, 0.15) is 0 Å². The van der Waals surface area contributed by atoms with Crippen LogP contribution >= 0.6 is 0 Å². The molecule has 4 heteroatoms. The van der Waals surface area contributed by atoms with E-state index in [1.165, 1.54) is 5.56 Å². The Kier molecular flexibility index (Phi) is 9.22. The summed E-state index contributed by atoms with van der Waals surface area (Å²) in [7, 11) is 0. The summed E-state index contributed by atoms with van der Waals surface area (Å²) < 4.78 is 10.9. The van der Waals surface area contributed by atoms with Gasteiger partial charge in [0.2, 0.25) is 0 Å². The SMILES string of the molecule is CCCCCOC(=O)C1CCCCC1C(=O)OCCCc1ccccc1. The first-order valence-electron chi connectivity index (χ1n) is 10.1. The van der Waals surface area contributed by atoms with E-state index in [-0.39, 0.29) is 23.8 Å².